The van der Waals surface area contributed by atoms with E-state index in [0.717, 1.165) is 11.1 Å². The van der Waals surface area contributed by atoms with Gasteiger partial charge in [0.05, 0.1) is 19.3 Å². The smallest absolute Gasteiger partial charge is 0.193 e. The Morgan fingerprint density at radius 2 is 1.47 bits per heavy atom. The van der Waals surface area contributed by atoms with Crippen molar-refractivity contribution in [2.75, 3.05) is 7.11 Å². The normalized spacial score (nSPS) is 18.5. The SMILES string of the molecule is COc1cc(O)c(C(=O)/C=C/c2ccc(O)cc2)c(O)c1[C@@H]1C[C@H](CCc2ccc(O)cc2)O[C@H](c2ccc(O)cc2)C1. The lowest BCUT2D eigenvalue weighted by Crippen LogP contribution is -2.28. The van der Waals surface area contributed by atoms with Crippen LogP contribution in [0.15, 0.2) is 84.9 Å². The van der Waals surface area contributed by atoms with Crippen molar-refractivity contribution in [3.05, 3.63) is 113 Å². The van der Waals surface area contributed by atoms with Gasteiger partial charge in [-0.2, -0.15) is 0 Å². The molecule has 8 nitrogen and oxygen atoms in total. The highest BCUT2D eigenvalue weighted by atomic mass is 16.5. The van der Waals surface area contributed by atoms with Crippen LogP contribution < -0.4 is 4.74 Å². The van der Waals surface area contributed by atoms with Gasteiger partial charge in [-0.15, -0.1) is 0 Å². The van der Waals surface area contributed by atoms with E-state index in [4.69, 9.17) is 9.47 Å². The number of benzene rings is 4. The van der Waals surface area contributed by atoms with Gasteiger partial charge in [0.15, 0.2) is 5.78 Å². The lowest BCUT2D eigenvalue weighted by Gasteiger charge is -2.37. The molecule has 43 heavy (non-hydrogen) atoms. The van der Waals surface area contributed by atoms with Gasteiger partial charge in [0, 0.05) is 11.6 Å². The molecule has 1 heterocycles. The number of carbonyl (C=O) groups is 1. The predicted molar refractivity (Wildman–Crippen MR) is 162 cm³/mol. The van der Waals surface area contributed by atoms with Crippen LogP contribution in [0.2, 0.25) is 0 Å². The first kappa shape index (κ1) is 29.5. The van der Waals surface area contributed by atoms with Gasteiger partial charge in [0.25, 0.3) is 0 Å². The molecule has 4 aromatic rings. The maximum Gasteiger partial charge on any atom is 0.193 e. The quantitative estimate of drug-likeness (QED) is 0.108. The van der Waals surface area contributed by atoms with Crippen LogP contribution >= 0.6 is 0 Å². The van der Waals surface area contributed by atoms with Gasteiger partial charge in [-0.05, 0) is 90.8 Å². The second kappa shape index (κ2) is 12.9. The van der Waals surface area contributed by atoms with E-state index >= 15 is 0 Å². The summed E-state index contributed by atoms with van der Waals surface area (Å²) in [7, 11) is 1.45. The average Bonchev–Trinajstić information content (AvgIpc) is 3.00. The van der Waals surface area contributed by atoms with E-state index in [1.807, 2.05) is 12.1 Å². The molecule has 4 aromatic carbocycles. The second-order valence-corrected chi connectivity index (χ2v) is 10.7. The number of phenolic OH excluding ortho intramolecular Hbond substituents is 5. The molecule has 0 radical (unpaired) electrons. The lowest BCUT2D eigenvalue weighted by molar-refractivity contribution is -0.0632. The van der Waals surface area contributed by atoms with Crippen molar-refractivity contribution in [1.29, 1.82) is 0 Å². The molecule has 1 saturated heterocycles. The van der Waals surface area contributed by atoms with E-state index < -0.39 is 11.5 Å². The first-order chi connectivity index (χ1) is 20.7. The summed E-state index contributed by atoms with van der Waals surface area (Å²) in [6.07, 6.45) is 4.57. The van der Waals surface area contributed by atoms with Crippen molar-refractivity contribution >= 4 is 11.9 Å². The van der Waals surface area contributed by atoms with Crippen molar-refractivity contribution in [2.45, 2.75) is 43.8 Å². The van der Waals surface area contributed by atoms with Crippen LogP contribution in [0, 0.1) is 0 Å². The van der Waals surface area contributed by atoms with Crippen molar-refractivity contribution in [1.82, 2.24) is 0 Å². The minimum absolute atomic E-state index is 0.0991. The molecule has 0 spiro atoms. The van der Waals surface area contributed by atoms with E-state index in [2.05, 4.69) is 0 Å². The average molecular weight is 583 g/mol. The summed E-state index contributed by atoms with van der Waals surface area (Å²) in [6, 6.07) is 21.5. The third-order valence-electron chi connectivity index (χ3n) is 7.84. The van der Waals surface area contributed by atoms with Gasteiger partial charge in [0.2, 0.25) is 0 Å². The zero-order valence-corrected chi connectivity index (χ0v) is 23.7. The van der Waals surface area contributed by atoms with Crippen LogP contribution in [0.3, 0.4) is 0 Å². The van der Waals surface area contributed by atoms with E-state index in [1.165, 1.54) is 31.4 Å². The standard InChI is InChI=1S/C35H34O8/c1-42-32-20-30(40)34(29(39)17-7-22-4-12-26(37)13-5-22)35(41)33(32)24-18-28(16-6-21-2-10-25(36)11-3-21)43-31(19-24)23-8-14-27(38)15-9-23/h2-5,7-15,17,20,24,28,31,36-38,40-41H,6,16,18-19H2,1H3/b17-7+/t24-,28+,31+/m1/s1. The van der Waals surface area contributed by atoms with Crippen LogP contribution in [-0.2, 0) is 11.2 Å². The summed E-state index contributed by atoms with van der Waals surface area (Å²) in [6.45, 7) is 0. The first-order valence-electron chi connectivity index (χ1n) is 14.1. The Hall–Kier alpha value is -4.95. The molecular formula is C35H34O8. The summed E-state index contributed by atoms with van der Waals surface area (Å²) in [4.78, 5) is 13.3. The molecule has 1 aliphatic rings. The zero-order chi connectivity index (χ0) is 30.5. The highest BCUT2D eigenvalue weighted by Crippen LogP contribution is 2.50. The van der Waals surface area contributed by atoms with E-state index in [1.54, 1.807) is 54.6 Å². The monoisotopic (exact) mass is 582 g/mol. The van der Waals surface area contributed by atoms with E-state index in [-0.39, 0.29) is 52.4 Å². The molecule has 0 saturated carbocycles. The maximum absolute atomic E-state index is 13.3. The molecule has 5 rings (SSSR count). The van der Waals surface area contributed by atoms with Gasteiger partial charge >= 0.3 is 0 Å². The summed E-state index contributed by atoms with van der Waals surface area (Å²) in [5.74, 6) is -0.914. The van der Waals surface area contributed by atoms with Gasteiger partial charge in [-0.3, -0.25) is 4.79 Å². The molecule has 1 fully saturated rings. The fourth-order valence-corrected chi connectivity index (χ4v) is 5.62. The Morgan fingerprint density at radius 1 is 0.860 bits per heavy atom. The highest BCUT2D eigenvalue weighted by molar-refractivity contribution is 6.11. The number of aromatic hydroxyl groups is 5. The number of carbonyl (C=O) groups excluding carboxylic acids is 1. The van der Waals surface area contributed by atoms with Gasteiger partial charge in [-0.25, -0.2) is 0 Å². The van der Waals surface area contributed by atoms with Crippen LogP contribution in [-0.4, -0.2) is 44.5 Å². The Balaban J connectivity index is 1.47. The Labute approximate surface area is 249 Å². The van der Waals surface area contributed by atoms with E-state index in [0.29, 0.717) is 36.8 Å². The van der Waals surface area contributed by atoms with Gasteiger partial charge in [-0.1, -0.05) is 42.5 Å². The topological polar surface area (TPSA) is 137 Å². The summed E-state index contributed by atoms with van der Waals surface area (Å²) >= 11 is 0. The molecule has 8 heteroatoms. The van der Waals surface area contributed by atoms with Crippen molar-refractivity contribution in [2.24, 2.45) is 0 Å². The molecule has 1 aliphatic heterocycles. The number of hydrogen-bond donors (Lipinski definition) is 5. The Morgan fingerprint density at radius 3 is 2.09 bits per heavy atom. The van der Waals surface area contributed by atoms with Gasteiger partial charge in [0.1, 0.15) is 40.1 Å². The number of hydrogen-bond acceptors (Lipinski definition) is 8. The summed E-state index contributed by atoms with van der Waals surface area (Å²) < 4.78 is 12.1. The van der Waals surface area contributed by atoms with Crippen LogP contribution in [0.4, 0.5) is 0 Å². The maximum atomic E-state index is 13.3. The minimum atomic E-state index is -0.585. The zero-order valence-electron chi connectivity index (χ0n) is 23.7. The third kappa shape index (κ3) is 6.93. The summed E-state index contributed by atoms with van der Waals surface area (Å²) in [5.41, 5.74) is 2.77. The largest absolute Gasteiger partial charge is 0.508 e. The molecule has 0 aliphatic carbocycles. The highest BCUT2D eigenvalue weighted by Gasteiger charge is 2.36. The number of phenols is 5. The predicted octanol–water partition coefficient (Wildman–Crippen LogP) is 6.76. The molecule has 222 valence electrons. The van der Waals surface area contributed by atoms with Crippen LogP contribution in [0.5, 0.6) is 34.5 Å². The Kier molecular flexibility index (Phi) is 8.87. The van der Waals surface area contributed by atoms with Crippen LogP contribution in [0.1, 0.15) is 63.9 Å². The second-order valence-electron chi connectivity index (χ2n) is 10.7. The number of methoxy groups -OCH3 is 1. The minimum Gasteiger partial charge on any atom is -0.508 e. The number of aryl methyl sites for hydroxylation is 1. The van der Waals surface area contributed by atoms with Crippen molar-refractivity contribution in [3.63, 3.8) is 0 Å². The molecule has 0 aromatic heterocycles. The fourth-order valence-electron chi connectivity index (χ4n) is 5.62. The number of rotatable bonds is 9. The van der Waals surface area contributed by atoms with E-state index in [9.17, 15) is 30.3 Å². The summed E-state index contributed by atoms with van der Waals surface area (Å²) in [5, 5.41) is 51.3. The molecule has 0 bridgehead atoms. The third-order valence-corrected chi connectivity index (χ3v) is 7.84. The number of allylic oxidation sites excluding steroid dienone is 1. The molecular weight excluding hydrogens is 548 g/mol. The molecule has 0 amide bonds. The van der Waals surface area contributed by atoms with Crippen LogP contribution in [0.25, 0.3) is 6.08 Å². The van der Waals surface area contributed by atoms with Crippen molar-refractivity contribution in [3.8, 4) is 34.5 Å². The molecule has 3 atom stereocenters. The number of ketones is 1. The Bertz CT molecular complexity index is 1590. The fraction of sp³-hybridized carbons (Fsp3) is 0.229. The molecule has 0 unspecified atom stereocenters. The molecule has 5 N–H and O–H groups in total. The number of ether oxygens (including phenoxy) is 2. The lowest BCUT2D eigenvalue weighted by atomic mass is 9.80. The van der Waals surface area contributed by atoms with Gasteiger partial charge < -0.3 is 35.0 Å². The van der Waals surface area contributed by atoms with Crippen molar-refractivity contribution < 1.29 is 39.8 Å². The first-order valence-corrected chi connectivity index (χ1v) is 14.1.